The zero-order chi connectivity index (χ0) is 18.0. The number of rotatable bonds is 4. The van der Waals surface area contributed by atoms with E-state index in [2.05, 4.69) is 35.5 Å². The first-order chi connectivity index (χ1) is 12.0. The van der Waals surface area contributed by atoms with Crippen LogP contribution >= 0.6 is 11.6 Å². The number of carbonyl (C=O) groups is 1. The minimum atomic E-state index is -0.284. The number of amides is 1. The third-order valence-corrected chi connectivity index (χ3v) is 4.43. The Hall–Kier alpha value is -2.48. The van der Waals surface area contributed by atoms with Gasteiger partial charge in [-0.05, 0) is 20.3 Å². The molecule has 0 unspecified atom stereocenters. The predicted molar refractivity (Wildman–Crippen MR) is 96.2 cm³/mol. The Morgan fingerprint density at radius 2 is 2.00 bits per heavy atom. The molecular formula is C16H20ClN7O. The first-order valence-electron chi connectivity index (χ1n) is 8.04. The standard InChI is InChI=1S/C16H20ClN7O/c1-9-10(2)21-13(15(25)18-3)23-14(9)24-5-4-12(8-24)22-16-19-6-11(17)7-20-16/h6-7,12H,4-5,8H2,1-3H3,(H,18,25)(H,19,20,22)/t12-/m1/s1. The zero-order valence-electron chi connectivity index (χ0n) is 14.4. The van der Waals surface area contributed by atoms with Crippen LogP contribution in [0.5, 0.6) is 0 Å². The summed E-state index contributed by atoms with van der Waals surface area (Å²) in [4.78, 5) is 31.1. The van der Waals surface area contributed by atoms with Crippen molar-refractivity contribution in [2.45, 2.75) is 26.3 Å². The molecule has 3 heterocycles. The zero-order valence-corrected chi connectivity index (χ0v) is 15.1. The summed E-state index contributed by atoms with van der Waals surface area (Å²) < 4.78 is 0. The van der Waals surface area contributed by atoms with Crippen LogP contribution in [0, 0.1) is 13.8 Å². The van der Waals surface area contributed by atoms with Crippen molar-refractivity contribution in [1.29, 1.82) is 0 Å². The molecule has 0 spiro atoms. The van der Waals surface area contributed by atoms with Gasteiger partial charge in [-0.15, -0.1) is 0 Å². The van der Waals surface area contributed by atoms with Crippen LogP contribution in [0.25, 0.3) is 0 Å². The number of anilines is 2. The maximum Gasteiger partial charge on any atom is 0.288 e. The van der Waals surface area contributed by atoms with Gasteiger partial charge in [-0.1, -0.05) is 11.6 Å². The number of hydrogen-bond acceptors (Lipinski definition) is 7. The lowest BCUT2D eigenvalue weighted by Crippen LogP contribution is -2.29. The Bertz CT molecular complexity index is 781. The molecule has 1 saturated heterocycles. The van der Waals surface area contributed by atoms with E-state index in [1.54, 1.807) is 19.4 Å². The molecule has 1 aliphatic heterocycles. The fourth-order valence-electron chi connectivity index (χ4n) is 2.77. The van der Waals surface area contributed by atoms with Gasteiger partial charge in [-0.25, -0.2) is 19.9 Å². The minimum Gasteiger partial charge on any atom is -0.354 e. The lowest BCUT2D eigenvalue weighted by atomic mass is 10.2. The van der Waals surface area contributed by atoms with E-state index in [0.29, 0.717) is 11.0 Å². The number of halogens is 1. The van der Waals surface area contributed by atoms with Crippen molar-refractivity contribution >= 4 is 29.3 Å². The molecule has 3 rings (SSSR count). The van der Waals surface area contributed by atoms with E-state index >= 15 is 0 Å². The van der Waals surface area contributed by atoms with E-state index in [1.807, 2.05) is 13.8 Å². The number of aromatic nitrogens is 4. The second-order valence-electron chi connectivity index (χ2n) is 5.96. The van der Waals surface area contributed by atoms with Crippen molar-refractivity contribution in [1.82, 2.24) is 25.3 Å². The summed E-state index contributed by atoms with van der Waals surface area (Å²) in [5.74, 6) is 1.26. The van der Waals surface area contributed by atoms with Crippen LogP contribution in [0.1, 0.15) is 28.3 Å². The van der Waals surface area contributed by atoms with Gasteiger partial charge in [-0.2, -0.15) is 0 Å². The lowest BCUT2D eigenvalue weighted by molar-refractivity contribution is 0.0952. The Balaban J connectivity index is 1.76. The van der Waals surface area contributed by atoms with E-state index < -0.39 is 0 Å². The third-order valence-electron chi connectivity index (χ3n) is 4.24. The van der Waals surface area contributed by atoms with Crippen LogP contribution < -0.4 is 15.5 Å². The van der Waals surface area contributed by atoms with Crippen molar-refractivity contribution < 1.29 is 4.79 Å². The van der Waals surface area contributed by atoms with E-state index in [1.165, 1.54) is 0 Å². The summed E-state index contributed by atoms with van der Waals surface area (Å²) in [5, 5.41) is 6.38. The second-order valence-corrected chi connectivity index (χ2v) is 6.40. The average molecular weight is 362 g/mol. The molecule has 2 N–H and O–H groups in total. The molecule has 0 aliphatic carbocycles. The molecule has 1 aliphatic rings. The van der Waals surface area contributed by atoms with E-state index in [4.69, 9.17) is 11.6 Å². The highest BCUT2D eigenvalue weighted by Gasteiger charge is 2.26. The summed E-state index contributed by atoms with van der Waals surface area (Å²) in [7, 11) is 1.57. The molecule has 0 aromatic carbocycles. The molecule has 0 radical (unpaired) electrons. The first kappa shape index (κ1) is 17.3. The van der Waals surface area contributed by atoms with Gasteiger partial charge in [0.1, 0.15) is 5.82 Å². The van der Waals surface area contributed by atoms with E-state index in [-0.39, 0.29) is 17.8 Å². The van der Waals surface area contributed by atoms with Gasteiger partial charge in [-0.3, -0.25) is 4.79 Å². The predicted octanol–water partition coefficient (Wildman–Crippen LogP) is 1.59. The summed E-state index contributed by atoms with van der Waals surface area (Å²) in [5.41, 5.74) is 1.79. The van der Waals surface area contributed by atoms with E-state index in [9.17, 15) is 4.79 Å². The van der Waals surface area contributed by atoms with Crippen LogP contribution in [-0.2, 0) is 0 Å². The maximum atomic E-state index is 11.9. The largest absolute Gasteiger partial charge is 0.354 e. The SMILES string of the molecule is CNC(=O)c1nc(C)c(C)c(N2CC[C@@H](Nc3ncc(Cl)cn3)C2)n1. The maximum absolute atomic E-state index is 11.9. The molecule has 132 valence electrons. The molecule has 2 aromatic rings. The van der Waals surface area contributed by atoms with Gasteiger partial charge in [0.25, 0.3) is 5.91 Å². The van der Waals surface area contributed by atoms with Crippen LogP contribution in [0.15, 0.2) is 12.4 Å². The van der Waals surface area contributed by atoms with Gasteiger partial charge in [0.05, 0.1) is 17.4 Å². The fraction of sp³-hybridized carbons (Fsp3) is 0.438. The van der Waals surface area contributed by atoms with Crippen molar-refractivity contribution in [3.8, 4) is 0 Å². The highest BCUT2D eigenvalue weighted by atomic mass is 35.5. The lowest BCUT2D eigenvalue weighted by Gasteiger charge is -2.21. The van der Waals surface area contributed by atoms with Gasteiger partial charge < -0.3 is 15.5 Å². The van der Waals surface area contributed by atoms with Gasteiger partial charge in [0.15, 0.2) is 0 Å². The van der Waals surface area contributed by atoms with Crippen LogP contribution in [0.4, 0.5) is 11.8 Å². The highest BCUT2D eigenvalue weighted by molar-refractivity contribution is 6.30. The number of nitrogens with one attached hydrogen (secondary N) is 2. The van der Waals surface area contributed by atoms with Crippen LogP contribution in [-0.4, -0.2) is 52.0 Å². The minimum absolute atomic E-state index is 0.193. The number of nitrogens with zero attached hydrogens (tertiary/aromatic N) is 5. The smallest absolute Gasteiger partial charge is 0.288 e. The monoisotopic (exact) mass is 361 g/mol. The topological polar surface area (TPSA) is 95.9 Å². The normalized spacial score (nSPS) is 16.8. The molecule has 2 aromatic heterocycles. The molecule has 1 fully saturated rings. The Kier molecular flexibility index (Phi) is 4.98. The Morgan fingerprint density at radius 3 is 2.68 bits per heavy atom. The van der Waals surface area contributed by atoms with E-state index in [0.717, 1.165) is 36.6 Å². The summed E-state index contributed by atoms with van der Waals surface area (Å²) >= 11 is 5.81. The van der Waals surface area contributed by atoms with Crippen molar-refractivity contribution in [3.05, 3.63) is 34.5 Å². The van der Waals surface area contributed by atoms with Gasteiger partial charge >= 0.3 is 0 Å². The van der Waals surface area contributed by atoms with Crippen LogP contribution in [0.2, 0.25) is 5.02 Å². The number of aryl methyl sites for hydroxylation is 1. The van der Waals surface area contributed by atoms with Crippen LogP contribution in [0.3, 0.4) is 0 Å². The van der Waals surface area contributed by atoms with Gasteiger partial charge in [0, 0.05) is 37.4 Å². The molecule has 0 bridgehead atoms. The molecule has 8 nitrogen and oxygen atoms in total. The third kappa shape index (κ3) is 3.79. The Labute approximate surface area is 151 Å². The molecular weight excluding hydrogens is 342 g/mol. The molecule has 9 heteroatoms. The number of hydrogen-bond donors (Lipinski definition) is 2. The fourth-order valence-corrected chi connectivity index (χ4v) is 2.87. The Morgan fingerprint density at radius 1 is 1.28 bits per heavy atom. The summed E-state index contributed by atoms with van der Waals surface area (Å²) in [6.45, 7) is 5.44. The van der Waals surface area contributed by atoms with Crippen molar-refractivity contribution in [2.24, 2.45) is 0 Å². The first-order valence-corrected chi connectivity index (χ1v) is 8.42. The van der Waals surface area contributed by atoms with Gasteiger partial charge in [0.2, 0.25) is 11.8 Å². The molecule has 1 amide bonds. The highest BCUT2D eigenvalue weighted by Crippen LogP contribution is 2.25. The molecule has 25 heavy (non-hydrogen) atoms. The summed E-state index contributed by atoms with van der Waals surface area (Å²) in [6, 6.07) is 0.194. The van der Waals surface area contributed by atoms with Crippen molar-refractivity contribution in [3.63, 3.8) is 0 Å². The molecule has 1 atom stereocenters. The quantitative estimate of drug-likeness (QED) is 0.853. The van der Waals surface area contributed by atoms with Crippen molar-refractivity contribution in [2.75, 3.05) is 30.4 Å². The average Bonchev–Trinajstić information content (AvgIpc) is 3.06. The summed E-state index contributed by atoms with van der Waals surface area (Å²) in [6.07, 6.45) is 4.05. The second kappa shape index (κ2) is 7.18. The molecule has 0 saturated carbocycles. The number of carbonyl (C=O) groups excluding carboxylic acids is 1.